The fourth-order valence-electron chi connectivity index (χ4n) is 8.13. The number of Topliss-reactive ketones (excluding diaryl/α,β-unsaturated/α-hetero) is 1. The van der Waals surface area contributed by atoms with Gasteiger partial charge in [-0.2, -0.15) is 0 Å². The van der Waals surface area contributed by atoms with Crippen LogP contribution in [-0.4, -0.2) is 23.6 Å². The molecule has 0 radical (unpaired) electrons. The van der Waals surface area contributed by atoms with Gasteiger partial charge in [-0.25, -0.2) is 0 Å². The summed E-state index contributed by atoms with van der Waals surface area (Å²) in [5, 5.41) is 4.60. The van der Waals surface area contributed by atoms with Gasteiger partial charge in [0.25, 0.3) is 0 Å². The third-order valence-corrected chi connectivity index (χ3v) is 9.99. The topological polar surface area (TPSA) is 64.7 Å². The van der Waals surface area contributed by atoms with Crippen LogP contribution in [0, 0.1) is 34.5 Å². The standard InChI is InChI=1S/C25H38N2O2/c1-15-13-17-18-7-8-23(28)25(18,3)12-10-19(17)24(2)11-9-16(14-20(15)24)27-29-22-6-4-5-21(22)26/h17-22H,1,4-14,26H2,2-3H3/b27-16-/t17-,18-,19-,20?,21?,22?,24+,25-/m0/s1. The van der Waals surface area contributed by atoms with Crippen molar-refractivity contribution in [3.8, 4) is 0 Å². The van der Waals surface area contributed by atoms with Crippen LogP contribution in [0.3, 0.4) is 0 Å². The second kappa shape index (κ2) is 6.93. The molecule has 0 saturated heterocycles. The number of hydrogen-bond acceptors (Lipinski definition) is 4. The molecular weight excluding hydrogens is 360 g/mol. The number of carbonyl (C=O) groups excluding carboxylic acids is 1. The van der Waals surface area contributed by atoms with Crippen molar-refractivity contribution in [2.75, 3.05) is 0 Å². The summed E-state index contributed by atoms with van der Waals surface area (Å²) in [4.78, 5) is 18.5. The molecule has 3 unspecified atom stereocenters. The molecule has 8 atom stereocenters. The van der Waals surface area contributed by atoms with Gasteiger partial charge in [0, 0.05) is 17.9 Å². The quantitative estimate of drug-likeness (QED) is 0.525. The SMILES string of the molecule is C=C1C[C@@H]2[C@H](CC[C@]3(C)C(=O)CC[C@@H]23)[C@@]2(C)CC/C(=N/OC3CCCC3N)CC12. The summed E-state index contributed by atoms with van der Waals surface area (Å²) in [6, 6.07) is 0.143. The van der Waals surface area contributed by atoms with E-state index in [1.807, 2.05) is 0 Å². The Bertz CT molecular complexity index is 745. The Kier molecular flexibility index (Phi) is 4.73. The molecule has 5 rings (SSSR count). The second-order valence-electron chi connectivity index (χ2n) is 11.3. The summed E-state index contributed by atoms with van der Waals surface area (Å²) in [6.07, 6.45) is 11.9. The Morgan fingerprint density at radius 2 is 1.90 bits per heavy atom. The first-order chi connectivity index (χ1) is 13.8. The molecule has 0 spiro atoms. The second-order valence-corrected chi connectivity index (χ2v) is 11.3. The van der Waals surface area contributed by atoms with Crippen molar-refractivity contribution in [2.45, 2.75) is 96.6 Å². The highest BCUT2D eigenvalue weighted by Gasteiger charge is 2.60. The number of carbonyl (C=O) groups is 1. The summed E-state index contributed by atoms with van der Waals surface area (Å²) in [7, 11) is 0. The molecule has 0 aromatic carbocycles. The summed E-state index contributed by atoms with van der Waals surface area (Å²) in [6.45, 7) is 9.35. The summed E-state index contributed by atoms with van der Waals surface area (Å²) < 4.78 is 0. The molecule has 0 aromatic heterocycles. The Hall–Kier alpha value is -1.16. The van der Waals surface area contributed by atoms with Crippen LogP contribution in [0.5, 0.6) is 0 Å². The van der Waals surface area contributed by atoms with E-state index in [-0.39, 0.29) is 17.6 Å². The average molecular weight is 399 g/mol. The average Bonchev–Trinajstić information content (AvgIpc) is 3.23. The number of allylic oxidation sites excluding steroid dienone is 1. The van der Waals surface area contributed by atoms with Crippen LogP contribution in [-0.2, 0) is 9.63 Å². The minimum absolute atomic E-state index is 0.0557. The third kappa shape index (κ3) is 2.96. The number of rotatable bonds is 2. The van der Waals surface area contributed by atoms with Gasteiger partial charge >= 0.3 is 0 Å². The van der Waals surface area contributed by atoms with E-state index in [9.17, 15) is 4.79 Å². The number of nitrogens with zero attached hydrogens (tertiary/aromatic N) is 1. The van der Waals surface area contributed by atoms with Crippen molar-refractivity contribution in [1.29, 1.82) is 0 Å². The molecule has 4 nitrogen and oxygen atoms in total. The Balaban J connectivity index is 1.34. The number of ketones is 1. The summed E-state index contributed by atoms with van der Waals surface area (Å²) >= 11 is 0. The van der Waals surface area contributed by atoms with E-state index in [4.69, 9.17) is 10.6 Å². The van der Waals surface area contributed by atoms with Crippen LogP contribution < -0.4 is 5.73 Å². The first-order valence-corrected chi connectivity index (χ1v) is 12.0. The Morgan fingerprint density at radius 3 is 2.66 bits per heavy atom. The highest BCUT2D eigenvalue weighted by atomic mass is 16.6. The Morgan fingerprint density at radius 1 is 1.07 bits per heavy atom. The normalized spacial score (nSPS) is 50.9. The van der Waals surface area contributed by atoms with E-state index in [0.717, 1.165) is 63.7 Å². The summed E-state index contributed by atoms with van der Waals surface area (Å²) in [5.41, 5.74) is 9.01. The number of nitrogens with two attached hydrogens (primary N) is 1. The van der Waals surface area contributed by atoms with E-state index in [1.54, 1.807) is 0 Å². The molecule has 5 aliphatic rings. The first kappa shape index (κ1) is 19.8. The fraction of sp³-hybridized carbons (Fsp3) is 0.840. The molecule has 5 aliphatic carbocycles. The molecule has 2 N–H and O–H groups in total. The van der Waals surface area contributed by atoms with Crippen molar-refractivity contribution >= 4 is 11.5 Å². The van der Waals surface area contributed by atoms with E-state index >= 15 is 0 Å². The highest BCUT2D eigenvalue weighted by Crippen LogP contribution is 2.66. The largest absolute Gasteiger partial charge is 0.391 e. The number of fused-ring (bicyclic) bond motifs is 5. The molecule has 0 bridgehead atoms. The zero-order valence-corrected chi connectivity index (χ0v) is 18.3. The van der Waals surface area contributed by atoms with Crippen molar-refractivity contribution < 1.29 is 9.63 Å². The lowest BCUT2D eigenvalue weighted by molar-refractivity contribution is -0.134. The van der Waals surface area contributed by atoms with Gasteiger partial charge in [-0.1, -0.05) is 31.2 Å². The van der Waals surface area contributed by atoms with E-state index < -0.39 is 0 Å². The van der Waals surface area contributed by atoms with Crippen LogP contribution in [0.1, 0.15) is 84.5 Å². The Labute approximate surface area is 175 Å². The maximum atomic E-state index is 12.6. The predicted molar refractivity (Wildman–Crippen MR) is 115 cm³/mol. The lowest BCUT2D eigenvalue weighted by atomic mass is 9.44. The monoisotopic (exact) mass is 398 g/mol. The highest BCUT2D eigenvalue weighted by molar-refractivity contribution is 5.87. The van der Waals surface area contributed by atoms with Crippen LogP contribution in [0.25, 0.3) is 0 Å². The van der Waals surface area contributed by atoms with Gasteiger partial charge in [-0.15, -0.1) is 0 Å². The van der Waals surface area contributed by atoms with Crippen LogP contribution in [0.15, 0.2) is 17.3 Å². The summed E-state index contributed by atoms with van der Waals surface area (Å²) in [5.74, 6) is 3.00. The smallest absolute Gasteiger partial charge is 0.142 e. The minimum atomic E-state index is -0.0557. The van der Waals surface area contributed by atoms with Gasteiger partial charge in [0.1, 0.15) is 11.9 Å². The molecule has 5 fully saturated rings. The lowest BCUT2D eigenvalue weighted by Gasteiger charge is -2.60. The zero-order chi connectivity index (χ0) is 20.4. The number of hydrogen-bond donors (Lipinski definition) is 1. The first-order valence-electron chi connectivity index (χ1n) is 12.0. The lowest BCUT2D eigenvalue weighted by Crippen LogP contribution is -2.54. The van der Waals surface area contributed by atoms with Gasteiger partial charge in [-0.3, -0.25) is 4.79 Å². The van der Waals surface area contributed by atoms with Gasteiger partial charge < -0.3 is 10.6 Å². The maximum Gasteiger partial charge on any atom is 0.142 e. The molecule has 4 heteroatoms. The zero-order valence-electron chi connectivity index (χ0n) is 18.3. The van der Waals surface area contributed by atoms with Gasteiger partial charge in [0.05, 0.1) is 5.71 Å². The van der Waals surface area contributed by atoms with Crippen molar-refractivity contribution in [3.05, 3.63) is 12.2 Å². The van der Waals surface area contributed by atoms with Gasteiger partial charge in [-0.05, 0) is 93.3 Å². The third-order valence-electron chi connectivity index (χ3n) is 9.99. The van der Waals surface area contributed by atoms with Gasteiger partial charge in [0.15, 0.2) is 0 Å². The molecule has 5 saturated carbocycles. The van der Waals surface area contributed by atoms with Crippen molar-refractivity contribution in [3.63, 3.8) is 0 Å². The molecule has 29 heavy (non-hydrogen) atoms. The molecule has 160 valence electrons. The molecular formula is C25H38N2O2. The van der Waals surface area contributed by atoms with Crippen LogP contribution in [0.4, 0.5) is 0 Å². The van der Waals surface area contributed by atoms with Gasteiger partial charge in [0.2, 0.25) is 0 Å². The fourth-order valence-corrected chi connectivity index (χ4v) is 8.13. The molecule has 0 amide bonds. The van der Waals surface area contributed by atoms with Crippen molar-refractivity contribution in [1.82, 2.24) is 0 Å². The number of oxime groups is 1. The van der Waals surface area contributed by atoms with Crippen molar-refractivity contribution in [2.24, 2.45) is 45.4 Å². The predicted octanol–water partition coefficient (Wildman–Crippen LogP) is 5.02. The van der Waals surface area contributed by atoms with Crippen LogP contribution >= 0.6 is 0 Å². The molecule has 0 aliphatic heterocycles. The van der Waals surface area contributed by atoms with E-state index in [2.05, 4.69) is 25.6 Å². The van der Waals surface area contributed by atoms with E-state index in [0.29, 0.717) is 29.0 Å². The van der Waals surface area contributed by atoms with E-state index in [1.165, 1.54) is 24.1 Å². The molecule has 0 heterocycles. The molecule has 0 aromatic rings. The van der Waals surface area contributed by atoms with Crippen LogP contribution in [0.2, 0.25) is 0 Å². The minimum Gasteiger partial charge on any atom is -0.391 e. The maximum absolute atomic E-state index is 12.6.